The van der Waals surface area contributed by atoms with Crippen molar-refractivity contribution in [1.82, 2.24) is 9.97 Å². The number of hydrogen-bond acceptors (Lipinski definition) is 5. The maximum atomic E-state index is 6.18. The number of benzene rings is 1. The van der Waals surface area contributed by atoms with Crippen LogP contribution in [0.4, 0.5) is 11.6 Å². The smallest absolute Gasteiger partial charge is 0.134 e. The number of morpholine rings is 1. The van der Waals surface area contributed by atoms with Crippen molar-refractivity contribution in [3.63, 3.8) is 0 Å². The zero-order valence-electron chi connectivity index (χ0n) is 14.8. The van der Waals surface area contributed by atoms with Crippen LogP contribution in [-0.2, 0) is 4.74 Å². The van der Waals surface area contributed by atoms with Gasteiger partial charge in [0.2, 0.25) is 0 Å². The van der Waals surface area contributed by atoms with E-state index in [0.717, 1.165) is 37.8 Å². The van der Waals surface area contributed by atoms with Gasteiger partial charge in [0.25, 0.3) is 0 Å². The second-order valence-electron chi connectivity index (χ2n) is 7.03. The Kier molecular flexibility index (Phi) is 4.83. The number of hydrogen-bond donors (Lipinski definition) is 0. The molecule has 4 rings (SSSR count). The van der Waals surface area contributed by atoms with Gasteiger partial charge in [-0.3, -0.25) is 0 Å². The number of nitrogens with zero attached hydrogens (tertiary/aromatic N) is 4. The van der Waals surface area contributed by atoms with Gasteiger partial charge >= 0.3 is 0 Å². The van der Waals surface area contributed by atoms with Gasteiger partial charge in [0.15, 0.2) is 0 Å². The largest absolute Gasteiger partial charge is 0.367 e. The van der Waals surface area contributed by atoms with Crippen LogP contribution in [0.15, 0.2) is 42.7 Å². The van der Waals surface area contributed by atoms with E-state index in [1.54, 1.807) is 6.33 Å². The van der Waals surface area contributed by atoms with E-state index in [0.29, 0.717) is 0 Å². The quantitative estimate of drug-likeness (QED) is 0.857. The van der Waals surface area contributed by atoms with E-state index in [1.807, 2.05) is 6.07 Å². The van der Waals surface area contributed by atoms with Crippen molar-refractivity contribution < 1.29 is 4.74 Å². The lowest BCUT2D eigenvalue weighted by Gasteiger charge is -2.38. The summed E-state index contributed by atoms with van der Waals surface area (Å²) in [6.45, 7) is 6.02. The highest BCUT2D eigenvalue weighted by atomic mass is 16.5. The lowest BCUT2D eigenvalue weighted by Crippen LogP contribution is -2.43. The maximum absolute atomic E-state index is 6.18. The van der Waals surface area contributed by atoms with Gasteiger partial charge in [-0.25, -0.2) is 9.97 Å². The predicted molar refractivity (Wildman–Crippen MR) is 100 cm³/mol. The second kappa shape index (κ2) is 7.40. The van der Waals surface area contributed by atoms with Crippen LogP contribution < -0.4 is 9.80 Å². The lowest BCUT2D eigenvalue weighted by atomic mass is 10.1. The summed E-state index contributed by atoms with van der Waals surface area (Å²) in [6.07, 6.45) is 5.80. The van der Waals surface area contributed by atoms with Crippen molar-refractivity contribution in [1.29, 1.82) is 0 Å². The fourth-order valence-electron chi connectivity index (χ4n) is 3.80. The topological polar surface area (TPSA) is 41.5 Å². The molecule has 0 amide bonds. The third kappa shape index (κ3) is 3.76. The molecule has 2 aliphatic rings. The summed E-state index contributed by atoms with van der Waals surface area (Å²) in [7, 11) is 0. The number of piperidine rings is 1. The standard InChI is InChI=1S/C20H26N4O/c1-16-13-24(14-18(25-16)17-8-4-2-5-9-17)20-12-19(21-15-22-20)23-10-6-3-7-11-23/h2,4-5,8-9,12,15-16,18H,3,6-7,10-11,13-14H2,1H3. The molecular weight excluding hydrogens is 312 g/mol. The van der Waals surface area contributed by atoms with Crippen molar-refractivity contribution in [2.24, 2.45) is 0 Å². The molecule has 1 aromatic heterocycles. The number of anilines is 2. The van der Waals surface area contributed by atoms with Gasteiger partial charge in [0.1, 0.15) is 24.1 Å². The third-order valence-corrected chi connectivity index (χ3v) is 5.07. The minimum absolute atomic E-state index is 0.0818. The minimum Gasteiger partial charge on any atom is -0.367 e. The molecule has 2 saturated heterocycles. The first kappa shape index (κ1) is 16.3. The second-order valence-corrected chi connectivity index (χ2v) is 7.03. The molecule has 5 heteroatoms. The summed E-state index contributed by atoms with van der Waals surface area (Å²) >= 11 is 0. The Morgan fingerprint density at radius 1 is 0.920 bits per heavy atom. The molecular formula is C20H26N4O. The highest BCUT2D eigenvalue weighted by Gasteiger charge is 2.27. The van der Waals surface area contributed by atoms with Crippen LogP contribution in [0, 0.1) is 0 Å². The van der Waals surface area contributed by atoms with Crippen LogP contribution in [0.25, 0.3) is 0 Å². The summed E-state index contributed by atoms with van der Waals surface area (Å²) in [5, 5.41) is 0. The molecule has 0 aliphatic carbocycles. The first-order valence-corrected chi connectivity index (χ1v) is 9.32. The summed E-state index contributed by atoms with van der Waals surface area (Å²) < 4.78 is 6.18. The summed E-state index contributed by atoms with van der Waals surface area (Å²) in [5.41, 5.74) is 1.23. The lowest BCUT2D eigenvalue weighted by molar-refractivity contribution is -0.0176. The van der Waals surface area contributed by atoms with E-state index in [9.17, 15) is 0 Å². The average molecular weight is 338 g/mol. The van der Waals surface area contributed by atoms with Gasteiger partial charge in [-0.05, 0) is 31.7 Å². The minimum atomic E-state index is 0.0818. The molecule has 0 radical (unpaired) electrons. The van der Waals surface area contributed by atoms with Crippen LogP contribution in [-0.4, -0.2) is 42.3 Å². The molecule has 5 nitrogen and oxygen atoms in total. The fraction of sp³-hybridized carbons (Fsp3) is 0.500. The molecule has 2 atom stereocenters. The first-order valence-electron chi connectivity index (χ1n) is 9.32. The number of ether oxygens (including phenoxy) is 1. The van der Waals surface area contributed by atoms with Crippen molar-refractivity contribution in [2.45, 2.75) is 38.4 Å². The van der Waals surface area contributed by atoms with E-state index >= 15 is 0 Å². The van der Waals surface area contributed by atoms with E-state index < -0.39 is 0 Å². The highest BCUT2D eigenvalue weighted by molar-refractivity contribution is 5.51. The summed E-state index contributed by atoms with van der Waals surface area (Å²) in [4.78, 5) is 13.8. The first-order chi connectivity index (χ1) is 12.3. The molecule has 2 aliphatic heterocycles. The van der Waals surface area contributed by atoms with Crippen molar-refractivity contribution in [2.75, 3.05) is 36.0 Å². The van der Waals surface area contributed by atoms with E-state index in [1.165, 1.54) is 24.8 Å². The molecule has 1 aromatic carbocycles. The van der Waals surface area contributed by atoms with Crippen LogP contribution in [0.5, 0.6) is 0 Å². The Bertz CT molecular complexity index is 687. The van der Waals surface area contributed by atoms with Crippen molar-refractivity contribution in [3.05, 3.63) is 48.3 Å². The van der Waals surface area contributed by atoms with Gasteiger partial charge < -0.3 is 14.5 Å². The Balaban J connectivity index is 1.54. The Morgan fingerprint density at radius 2 is 1.64 bits per heavy atom. The Hall–Kier alpha value is -2.14. The van der Waals surface area contributed by atoms with Crippen molar-refractivity contribution in [3.8, 4) is 0 Å². The normalized spacial score (nSPS) is 24.4. The van der Waals surface area contributed by atoms with Gasteiger partial charge in [-0.15, -0.1) is 0 Å². The van der Waals surface area contributed by atoms with E-state index in [2.05, 4.69) is 57.0 Å². The molecule has 0 bridgehead atoms. The molecule has 132 valence electrons. The van der Waals surface area contributed by atoms with Gasteiger partial charge in [-0.1, -0.05) is 30.3 Å². The van der Waals surface area contributed by atoms with Crippen LogP contribution in [0.2, 0.25) is 0 Å². The van der Waals surface area contributed by atoms with Gasteiger partial charge in [0.05, 0.1) is 6.10 Å². The highest BCUT2D eigenvalue weighted by Crippen LogP contribution is 2.29. The van der Waals surface area contributed by atoms with E-state index in [-0.39, 0.29) is 12.2 Å². The zero-order valence-corrected chi connectivity index (χ0v) is 14.8. The third-order valence-electron chi connectivity index (χ3n) is 5.07. The van der Waals surface area contributed by atoms with Crippen LogP contribution in [0.1, 0.15) is 37.9 Å². The fourth-order valence-corrected chi connectivity index (χ4v) is 3.80. The van der Waals surface area contributed by atoms with Gasteiger partial charge in [0, 0.05) is 32.2 Å². The molecule has 25 heavy (non-hydrogen) atoms. The molecule has 2 aromatic rings. The van der Waals surface area contributed by atoms with Gasteiger partial charge in [-0.2, -0.15) is 0 Å². The molecule has 3 heterocycles. The average Bonchev–Trinajstić information content (AvgIpc) is 2.69. The van der Waals surface area contributed by atoms with E-state index in [4.69, 9.17) is 4.74 Å². The molecule has 0 saturated carbocycles. The Morgan fingerprint density at radius 3 is 2.40 bits per heavy atom. The van der Waals surface area contributed by atoms with Crippen LogP contribution in [0.3, 0.4) is 0 Å². The van der Waals surface area contributed by atoms with Crippen molar-refractivity contribution >= 4 is 11.6 Å². The molecule has 0 N–H and O–H groups in total. The van der Waals surface area contributed by atoms with Crippen LogP contribution >= 0.6 is 0 Å². The molecule has 2 fully saturated rings. The molecule has 2 unspecified atom stereocenters. The maximum Gasteiger partial charge on any atom is 0.134 e. The number of rotatable bonds is 3. The Labute approximate surface area is 149 Å². The summed E-state index contributed by atoms with van der Waals surface area (Å²) in [6, 6.07) is 12.6. The summed E-state index contributed by atoms with van der Waals surface area (Å²) in [5.74, 6) is 2.06. The molecule has 0 spiro atoms. The number of aromatic nitrogens is 2. The monoisotopic (exact) mass is 338 g/mol. The SMILES string of the molecule is CC1CN(c2cc(N3CCCCC3)ncn2)CC(c2ccccc2)O1. The zero-order chi connectivity index (χ0) is 17.1. The predicted octanol–water partition coefficient (Wildman–Crippen LogP) is 3.43.